The number of amides is 1. The van der Waals surface area contributed by atoms with Gasteiger partial charge in [0.1, 0.15) is 0 Å². The lowest BCUT2D eigenvalue weighted by Gasteiger charge is -2.18. The summed E-state index contributed by atoms with van der Waals surface area (Å²) in [6, 6.07) is 20.1. The Morgan fingerprint density at radius 2 is 1.76 bits per heavy atom. The van der Waals surface area contributed by atoms with E-state index >= 15 is 0 Å². The molecule has 0 bridgehead atoms. The first kappa shape index (κ1) is 17.0. The van der Waals surface area contributed by atoms with Crippen molar-refractivity contribution in [3.63, 3.8) is 0 Å². The van der Waals surface area contributed by atoms with Crippen molar-refractivity contribution in [3.05, 3.63) is 84.2 Å². The highest BCUT2D eigenvalue weighted by atomic mass is 16.1. The van der Waals surface area contributed by atoms with Crippen LogP contribution in [0.25, 0.3) is 5.69 Å². The van der Waals surface area contributed by atoms with Crippen molar-refractivity contribution in [1.29, 1.82) is 0 Å². The number of rotatable bonds is 7. The van der Waals surface area contributed by atoms with Crippen molar-refractivity contribution in [2.45, 2.75) is 32.2 Å². The van der Waals surface area contributed by atoms with Gasteiger partial charge in [-0.3, -0.25) is 4.79 Å². The van der Waals surface area contributed by atoms with E-state index in [1.54, 1.807) is 10.9 Å². The third kappa shape index (κ3) is 4.57. The van der Waals surface area contributed by atoms with Gasteiger partial charge in [-0.2, -0.15) is 5.10 Å². The zero-order chi connectivity index (χ0) is 17.5. The second-order valence-corrected chi connectivity index (χ2v) is 6.12. The summed E-state index contributed by atoms with van der Waals surface area (Å²) in [5.74, 6) is 0.0231. The van der Waals surface area contributed by atoms with E-state index in [4.69, 9.17) is 0 Å². The largest absolute Gasteiger partial charge is 0.349 e. The van der Waals surface area contributed by atoms with E-state index < -0.39 is 0 Å². The highest BCUT2D eigenvalue weighted by molar-refractivity contribution is 5.78. The molecule has 0 aliphatic heterocycles. The first-order valence-electron chi connectivity index (χ1n) is 8.69. The Hall–Kier alpha value is -2.88. The summed E-state index contributed by atoms with van der Waals surface area (Å²) in [6.07, 6.45) is 5.95. The molecule has 1 N–H and O–H groups in total. The van der Waals surface area contributed by atoms with Crippen LogP contribution >= 0.6 is 0 Å². The number of carbonyl (C=O) groups is 1. The minimum absolute atomic E-state index is 0.0231. The Kier molecular flexibility index (Phi) is 5.62. The van der Waals surface area contributed by atoms with Gasteiger partial charge in [-0.05, 0) is 29.7 Å². The molecule has 0 fully saturated rings. The van der Waals surface area contributed by atoms with E-state index in [0.29, 0.717) is 6.42 Å². The fraction of sp³-hybridized carbons (Fsp3) is 0.238. The van der Waals surface area contributed by atoms with E-state index in [-0.39, 0.29) is 11.9 Å². The lowest BCUT2D eigenvalue weighted by Crippen LogP contribution is -2.29. The Morgan fingerprint density at radius 1 is 1.08 bits per heavy atom. The predicted molar refractivity (Wildman–Crippen MR) is 99.5 cm³/mol. The first-order chi connectivity index (χ1) is 12.3. The molecule has 1 atom stereocenters. The summed E-state index contributed by atoms with van der Waals surface area (Å²) in [7, 11) is 0. The van der Waals surface area contributed by atoms with E-state index in [1.165, 1.54) is 0 Å². The smallest absolute Gasteiger partial charge is 0.225 e. The molecule has 2 aromatic carbocycles. The summed E-state index contributed by atoms with van der Waals surface area (Å²) in [6.45, 7) is 2.13. The van der Waals surface area contributed by atoms with Crippen LogP contribution in [0.5, 0.6) is 0 Å². The Balaban J connectivity index is 1.65. The van der Waals surface area contributed by atoms with Gasteiger partial charge < -0.3 is 5.32 Å². The fourth-order valence-electron chi connectivity index (χ4n) is 2.90. The molecular weight excluding hydrogens is 310 g/mol. The number of benzene rings is 2. The molecule has 0 aliphatic carbocycles. The minimum atomic E-state index is 0.0231. The average molecular weight is 333 g/mol. The van der Waals surface area contributed by atoms with Crippen LogP contribution in [-0.4, -0.2) is 15.7 Å². The second kappa shape index (κ2) is 8.29. The quantitative estimate of drug-likeness (QED) is 0.708. The van der Waals surface area contributed by atoms with Crippen LogP contribution < -0.4 is 5.32 Å². The van der Waals surface area contributed by atoms with Crippen molar-refractivity contribution in [2.75, 3.05) is 0 Å². The molecule has 128 valence electrons. The van der Waals surface area contributed by atoms with Crippen LogP contribution in [0.15, 0.2) is 73.1 Å². The fourth-order valence-corrected chi connectivity index (χ4v) is 2.90. The molecule has 1 aromatic heterocycles. The average Bonchev–Trinajstić information content (AvgIpc) is 3.11. The standard InChI is InChI=1S/C21H23N3O/c1-2-9-20(18-10-5-3-6-11-18)23-21(25)14-17-15-22-24(16-17)19-12-7-4-8-13-19/h3-8,10-13,15-16,20H,2,9,14H2,1H3,(H,23,25). The van der Waals surface area contributed by atoms with Gasteiger partial charge in [0.05, 0.1) is 24.3 Å². The van der Waals surface area contributed by atoms with Gasteiger partial charge in [0, 0.05) is 6.20 Å². The topological polar surface area (TPSA) is 46.9 Å². The van der Waals surface area contributed by atoms with Crippen LogP contribution in [0.3, 0.4) is 0 Å². The van der Waals surface area contributed by atoms with Gasteiger partial charge in [0.25, 0.3) is 0 Å². The van der Waals surface area contributed by atoms with Crippen LogP contribution in [0.1, 0.15) is 36.9 Å². The van der Waals surface area contributed by atoms with E-state index in [0.717, 1.165) is 29.7 Å². The maximum atomic E-state index is 12.5. The summed E-state index contributed by atoms with van der Waals surface area (Å²) in [5.41, 5.74) is 3.05. The SMILES string of the molecule is CCCC(NC(=O)Cc1cnn(-c2ccccc2)c1)c1ccccc1. The monoisotopic (exact) mass is 333 g/mol. The van der Waals surface area contributed by atoms with Gasteiger partial charge in [-0.15, -0.1) is 0 Å². The van der Waals surface area contributed by atoms with Crippen LogP contribution in [0, 0.1) is 0 Å². The molecule has 1 unspecified atom stereocenters. The number of hydrogen-bond acceptors (Lipinski definition) is 2. The lowest BCUT2D eigenvalue weighted by molar-refractivity contribution is -0.121. The molecule has 4 nitrogen and oxygen atoms in total. The minimum Gasteiger partial charge on any atom is -0.349 e. The van der Waals surface area contributed by atoms with Gasteiger partial charge in [-0.25, -0.2) is 4.68 Å². The number of nitrogens with one attached hydrogen (secondary N) is 1. The Labute approximate surface area is 148 Å². The predicted octanol–water partition coefficient (Wildman–Crippen LogP) is 4.07. The Morgan fingerprint density at radius 3 is 2.44 bits per heavy atom. The Bertz CT molecular complexity index is 796. The highest BCUT2D eigenvalue weighted by Gasteiger charge is 2.14. The second-order valence-electron chi connectivity index (χ2n) is 6.12. The molecule has 0 aliphatic rings. The zero-order valence-corrected chi connectivity index (χ0v) is 14.4. The van der Waals surface area contributed by atoms with E-state index in [1.807, 2.05) is 54.7 Å². The van der Waals surface area contributed by atoms with Crippen molar-refractivity contribution in [1.82, 2.24) is 15.1 Å². The molecule has 0 saturated heterocycles. The molecule has 3 aromatic rings. The molecule has 0 radical (unpaired) electrons. The summed E-state index contributed by atoms with van der Waals surface area (Å²) >= 11 is 0. The molecule has 1 heterocycles. The van der Waals surface area contributed by atoms with Crippen LogP contribution in [0.4, 0.5) is 0 Å². The normalized spacial score (nSPS) is 11.9. The molecular formula is C21H23N3O. The zero-order valence-electron chi connectivity index (χ0n) is 14.4. The summed E-state index contributed by atoms with van der Waals surface area (Å²) in [5, 5.41) is 7.51. The van der Waals surface area contributed by atoms with Crippen molar-refractivity contribution < 1.29 is 4.79 Å². The van der Waals surface area contributed by atoms with E-state index in [9.17, 15) is 4.79 Å². The van der Waals surface area contributed by atoms with Crippen molar-refractivity contribution in [2.24, 2.45) is 0 Å². The number of hydrogen-bond donors (Lipinski definition) is 1. The molecule has 1 amide bonds. The first-order valence-corrected chi connectivity index (χ1v) is 8.69. The third-order valence-corrected chi connectivity index (χ3v) is 4.14. The highest BCUT2D eigenvalue weighted by Crippen LogP contribution is 2.18. The molecule has 3 rings (SSSR count). The van der Waals surface area contributed by atoms with E-state index in [2.05, 4.69) is 29.5 Å². The van der Waals surface area contributed by atoms with Gasteiger partial charge in [0.2, 0.25) is 5.91 Å². The van der Waals surface area contributed by atoms with Crippen LogP contribution in [-0.2, 0) is 11.2 Å². The van der Waals surface area contributed by atoms with Gasteiger partial charge in [0.15, 0.2) is 0 Å². The van der Waals surface area contributed by atoms with Crippen LogP contribution in [0.2, 0.25) is 0 Å². The summed E-state index contributed by atoms with van der Waals surface area (Å²) < 4.78 is 1.79. The van der Waals surface area contributed by atoms with Crippen molar-refractivity contribution >= 4 is 5.91 Å². The molecule has 0 saturated carbocycles. The van der Waals surface area contributed by atoms with Crippen molar-refractivity contribution in [3.8, 4) is 5.69 Å². The van der Waals surface area contributed by atoms with Gasteiger partial charge >= 0.3 is 0 Å². The molecule has 25 heavy (non-hydrogen) atoms. The third-order valence-electron chi connectivity index (χ3n) is 4.14. The lowest BCUT2D eigenvalue weighted by atomic mass is 10.0. The number of nitrogens with zero attached hydrogens (tertiary/aromatic N) is 2. The number of aromatic nitrogens is 2. The maximum absolute atomic E-state index is 12.5. The number of carbonyl (C=O) groups excluding carboxylic acids is 1. The summed E-state index contributed by atoms with van der Waals surface area (Å²) in [4.78, 5) is 12.5. The maximum Gasteiger partial charge on any atom is 0.225 e. The van der Waals surface area contributed by atoms with Gasteiger partial charge in [-0.1, -0.05) is 61.9 Å². The molecule has 4 heteroatoms. The number of para-hydroxylation sites is 1. The molecule has 0 spiro atoms.